The number of hydrogen-bond acceptors (Lipinski definition) is 2. The van der Waals surface area contributed by atoms with Crippen LogP contribution < -0.4 is 10.3 Å². The molecule has 2 aromatic rings. The normalized spacial score (nSPS) is 10.4. The van der Waals surface area contributed by atoms with E-state index in [-0.39, 0.29) is 5.56 Å². The van der Waals surface area contributed by atoms with Crippen LogP contribution in [0.15, 0.2) is 35.1 Å². The van der Waals surface area contributed by atoms with Crippen molar-refractivity contribution in [3.05, 3.63) is 51.9 Å². The second-order valence-electron chi connectivity index (χ2n) is 4.26. The predicted molar refractivity (Wildman–Crippen MR) is 73.2 cm³/mol. The molecule has 0 aliphatic heterocycles. The van der Waals surface area contributed by atoms with Crippen molar-refractivity contribution in [3.8, 4) is 16.9 Å². The molecule has 0 radical (unpaired) electrons. The summed E-state index contributed by atoms with van der Waals surface area (Å²) in [6.45, 7) is 4.00. The van der Waals surface area contributed by atoms with E-state index >= 15 is 0 Å². The SMILES string of the molecule is CCc1[nH]c(=O)cc(C)c1-c1cccc(OC)c1. The van der Waals surface area contributed by atoms with E-state index < -0.39 is 0 Å². The lowest BCUT2D eigenvalue weighted by Crippen LogP contribution is -2.10. The van der Waals surface area contributed by atoms with Crippen molar-refractivity contribution in [2.45, 2.75) is 20.3 Å². The lowest BCUT2D eigenvalue weighted by molar-refractivity contribution is 0.415. The highest BCUT2D eigenvalue weighted by molar-refractivity contribution is 5.70. The average Bonchev–Trinajstić information content (AvgIpc) is 2.37. The van der Waals surface area contributed by atoms with Crippen molar-refractivity contribution in [1.82, 2.24) is 4.98 Å². The minimum absolute atomic E-state index is 0.0454. The van der Waals surface area contributed by atoms with Crippen LogP contribution >= 0.6 is 0 Å². The van der Waals surface area contributed by atoms with E-state index in [9.17, 15) is 4.79 Å². The van der Waals surface area contributed by atoms with Gasteiger partial charge < -0.3 is 9.72 Å². The fourth-order valence-electron chi connectivity index (χ4n) is 2.20. The van der Waals surface area contributed by atoms with Crippen LogP contribution in [0.2, 0.25) is 0 Å². The zero-order chi connectivity index (χ0) is 13.1. The first-order valence-electron chi connectivity index (χ1n) is 6.03. The topological polar surface area (TPSA) is 42.1 Å². The maximum absolute atomic E-state index is 11.5. The molecular weight excluding hydrogens is 226 g/mol. The molecule has 0 saturated heterocycles. The molecular formula is C15H17NO2. The van der Waals surface area contributed by atoms with Gasteiger partial charge in [-0.05, 0) is 36.6 Å². The van der Waals surface area contributed by atoms with Gasteiger partial charge in [-0.15, -0.1) is 0 Å². The molecule has 2 rings (SSSR count). The number of nitrogens with one attached hydrogen (secondary N) is 1. The van der Waals surface area contributed by atoms with Crippen LogP contribution in [-0.2, 0) is 6.42 Å². The molecule has 0 unspecified atom stereocenters. The maximum Gasteiger partial charge on any atom is 0.248 e. The van der Waals surface area contributed by atoms with Gasteiger partial charge in [0.05, 0.1) is 7.11 Å². The van der Waals surface area contributed by atoms with Gasteiger partial charge in [0, 0.05) is 17.3 Å². The van der Waals surface area contributed by atoms with E-state index in [0.717, 1.165) is 34.6 Å². The molecule has 0 atom stereocenters. The number of aromatic nitrogens is 1. The molecule has 1 aromatic heterocycles. The standard InChI is InChI=1S/C15H17NO2/c1-4-13-15(10(2)8-14(17)16-13)11-6-5-7-12(9-11)18-3/h5-9H,4H2,1-3H3,(H,16,17). The van der Waals surface area contributed by atoms with Gasteiger partial charge in [0.1, 0.15) is 5.75 Å². The van der Waals surface area contributed by atoms with Crippen LogP contribution in [-0.4, -0.2) is 12.1 Å². The molecule has 1 aromatic carbocycles. The number of pyridine rings is 1. The Morgan fingerprint density at radius 2 is 2.06 bits per heavy atom. The molecule has 1 N–H and O–H groups in total. The Hall–Kier alpha value is -2.03. The van der Waals surface area contributed by atoms with Gasteiger partial charge >= 0.3 is 0 Å². The van der Waals surface area contributed by atoms with E-state index in [1.54, 1.807) is 13.2 Å². The van der Waals surface area contributed by atoms with Crippen molar-refractivity contribution >= 4 is 0 Å². The van der Waals surface area contributed by atoms with Gasteiger partial charge in [0.2, 0.25) is 5.56 Å². The highest BCUT2D eigenvalue weighted by Crippen LogP contribution is 2.28. The van der Waals surface area contributed by atoms with Crippen LogP contribution in [0.5, 0.6) is 5.75 Å². The molecule has 1 heterocycles. The summed E-state index contributed by atoms with van der Waals surface area (Å²) >= 11 is 0. The predicted octanol–water partition coefficient (Wildman–Crippen LogP) is 2.92. The van der Waals surface area contributed by atoms with Crippen molar-refractivity contribution in [2.75, 3.05) is 7.11 Å². The zero-order valence-electron chi connectivity index (χ0n) is 10.9. The summed E-state index contributed by atoms with van der Waals surface area (Å²) in [5.41, 5.74) is 4.07. The number of methoxy groups -OCH3 is 1. The molecule has 0 aliphatic rings. The minimum Gasteiger partial charge on any atom is -0.497 e. The lowest BCUT2D eigenvalue weighted by Gasteiger charge is -2.12. The first-order chi connectivity index (χ1) is 8.65. The Morgan fingerprint density at radius 3 is 2.72 bits per heavy atom. The van der Waals surface area contributed by atoms with Crippen molar-refractivity contribution < 1.29 is 4.74 Å². The summed E-state index contributed by atoms with van der Waals surface area (Å²) in [5, 5.41) is 0. The Balaban J connectivity index is 2.65. The van der Waals surface area contributed by atoms with Crippen LogP contribution in [0.4, 0.5) is 0 Å². The van der Waals surface area contributed by atoms with Crippen molar-refractivity contribution in [1.29, 1.82) is 0 Å². The second kappa shape index (κ2) is 5.08. The number of aromatic amines is 1. The molecule has 18 heavy (non-hydrogen) atoms. The van der Waals surface area contributed by atoms with Crippen molar-refractivity contribution in [3.63, 3.8) is 0 Å². The fourth-order valence-corrected chi connectivity index (χ4v) is 2.20. The smallest absolute Gasteiger partial charge is 0.248 e. The van der Waals surface area contributed by atoms with Crippen LogP contribution in [0, 0.1) is 6.92 Å². The summed E-state index contributed by atoms with van der Waals surface area (Å²) in [5.74, 6) is 0.820. The van der Waals surface area contributed by atoms with Crippen molar-refractivity contribution in [2.24, 2.45) is 0 Å². The maximum atomic E-state index is 11.5. The Bertz CT molecular complexity index is 614. The minimum atomic E-state index is -0.0454. The number of aryl methyl sites for hydroxylation is 2. The van der Waals surface area contributed by atoms with Crippen LogP contribution in [0.3, 0.4) is 0 Å². The fraction of sp³-hybridized carbons (Fsp3) is 0.267. The van der Waals surface area contributed by atoms with Gasteiger partial charge in [-0.2, -0.15) is 0 Å². The quantitative estimate of drug-likeness (QED) is 0.900. The van der Waals surface area contributed by atoms with Gasteiger partial charge in [-0.3, -0.25) is 4.79 Å². The first kappa shape index (κ1) is 12.4. The summed E-state index contributed by atoms with van der Waals surface area (Å²) in [6.07, 6.45) is 0.795. The number of rotatable bonds is 3. The third kappa shape index (κ3) is 2.30. The lowest BCUT2D eigenvalue weighted by atomic mass is 9.98. The number of ether oxygens (including phenoxy) is 1. The first-order valence-corrected chi connectivity index (χ1v) is 6.03. The molecule has 3 heteroatoms. The monoisotopic (exact) mass is 243 g/mol. The zero-order valence-corrected chi connectivity index (χ0v) is 10.9. The highest BCUT2D eigenvalue weighted by atomic mass is 16.5. The van der Waals surface area contributed by atoms with Crippen LogP contribution in [0.25, 0.3) is 11.1 Å². The van der Waals surface area contributed by atoms with E-state index in [4.69, 9.17) is 4.74 Å². The molecule has 0 saturated carbocycles. The van der Waals surface area contributed by atoms with E-state index in [1.807, 2.05) is 38.1 Å². The van der Waals surface area contributed by atoms with E-state index in [1.165, 1.54) is 0 Å². The number of hydrogen-bond donors (Lipinski definition) is 1. The molecule has 0 bridgehead atoms. The average molecular weight is 243 g/mol. The Morgan fingerprint density at radius 1 is 1.28 bits per heavy atom. The molecule has 0 fully saturated rings. The molecule has 0 amide bonds. The summed E-state index contributed by atoms with van der Waals surface area (Å²) < 4.78 is 5.24. The van der Waals surface area contributed by atoms with Gasteiger partial charge in [-0.1, -0.05) is 19.1 Å². The van der Waals surface area contributed by atoms with Gasteiger partial charge in [-0.25, -0.2) is 0 Å². The van der Waals surface area contributed by atoms with Gasteiger partial charge in [0.25, 0.3) is 0 Å². The Labute approximate surface area is 106 Å². The molecule has 3 nitrogen and oxygen atoms in total. The third-order valence-corrected chi connectivity index (χ3v) is 3.03. The molecule has 0 spiro atoms. The summed E-state index contributed by atoms with van der Waals surface area (Å²) in [7, 11) is 1.65. The van der Waals surface area contributed by atoms with Crippen LogP contribution in [0.1, 0.15) is 18.2 Å². The number of H-pyrrole nitrogens is 1. The van der Waals surface area contributed by atoms with E-state index in [2.05, 4.69) is 4.98 Å². The number of benzene rings is 1. The van der Waals surface area contributed by atoms with Gasteiger partial charge in [0.15, 0.2) is 0 Å². The third-order valence-electron chi connectivity index (χ3n) is 3.03. The molecule has 0 aliphatic carbocycles. The largest absolute Gasteiger partial charge is 0.497 e. The Kier molecular flexibility index (Phi) is 3.51. The summed E-state index contributed by atoms with van der Waals surface area (Å²) in [4.78, 5) is 14.4. The highest BCUT2D eigenvalue weighted by Gasteiger charge is 2.09. The second-order valence-corrected chi connectivity index (χ2v) is 4.26. The molecule has 94 valence electrons. The van der Waals surface area contributed by atoms with E-state index in [0.29, 0.717) is 0 Å². The summed E-state index contributed by atoms with van der Waals surface area (Å²) in [6, 6.07) is 9.52.